The number of thiol groups is 2. The van der Waals surface area contributed by atoms with E-state index >= 15 is 0 Å². The highest BCUT2D eigenvalue weighted by Crippen LogP contribution is 2.26. The maximum atomic E-state index is 4.31. The average molecular weight is 178 g/mol. The van der Waals surface area contributed by atoms with Crippen molar-refractivity contribution in [3.63, 3.8) is 0 Å². The molecular formula is C8H18S2. The second-order valence-electron chi connectivity index (χ2n) is 3.23. The van der Waals surface area contributed by atoms with Crippen LogP contribution in [0.2, 0.25) is 0 Å². The van der Waals surface area contributed by atoms with E-state index in [-0.39, 0.29) is 0 Å². The van der Waals surface area contributed by atoms with Gasteiger partial charge in [0.25, 0.3) is 0 Å². The second-order valence-corrected chi connectivity index (χ2v) is 3.86. The lowest BCUT2D eigenvalue weighted by molar-refractivity contribution is 0.383. The van der Waals surface area contributed by atoms with Crippen LogP contribution in [0.4, 0.5) is 0 Å². The lowest BCUT2D eigenvalue weighted by atomic mass is 9.89. The van der Waals surface area contributed by atoms with E-state index in [0.717, 1.165) is 11.5 Å². The Kier molecular flexibility index (Phi) is 5.74. The third-order valence-electron chi connectivity index (χ3n) is 1.90. The van der Waals surface area contributed by atoms with E-state index in [1.165, 1.54) is 19.3 Å². The van der Waals surface area contributed by atoms with Gasteiger partial charge in [-0.1, -0.05) is 26.7 Å². The van der Waals surface area contributed by atoms with E-state index in [0.29, 0.717) is 5.41 Å². The summed E-state index contributed by atoms with van der Waals surface area (Å²) in [5.74, 6) is 1.91. The van der Waals surface area contributed by atoms with Gasteiger partial charge in [-0.05, 0) is 23.3 Å². The molecule has 0 saturated carbocycles. The van der Waals surface area contributed by atoms with Gasteiger partial charge < -0.3 is 0 Å². The summed E-state index contributed by atoms with van der Waals surface area (Å²) in [7, 11) is 0. The first-order valence-electron chi connectivity index (χ1n) is 3.90. The Labute approximate surface area is 75.6 Å². The zero-order valence-electron chi connectivity index (χ0n) is 6.93. The summed E-state index contributed by atoms with van der Waals surface area (Å²) in [6.07, 6.45) is 3.84. The largest absolute Gasteiger partial charge is 0.179 e. The molecule has 0 rings (SSSR count). The van der Waals surface area contributed by atoms with E-state index in [1.807, 2.05) is 0 Å². The van der Waals surface area contributed by atoms with Crippen molar-refractivity contribution < 1.29 is 0 Å². The SMILES string of the molecule is CCCCC(C)(CS)CS. The molecule has 0 heterocycles. The van der Waals surface area contributed by atoms with Gasteiger partial charge in [0.05, 0.1) is 0 Å². The molecule has 0 unspecified atom stereocenters. The highest BCUT2D eigenvalue weighted by atomic mass is 32.1. The van der Waals surface area contributed by atoms with Crippen molar-refractivity contribution in [3.8, 4) is 0 Å². The number of unbranched alkanes of at least 4 members (excludes halogenated alkanes) is 1. The molecule has 2 heteroatoms. The highest BCUT2D eigenvalue weighted by molar-refractivity contribution is 7.81. The van der Waals surface area contributed by atoms with E-state index in [2.05, 4.69) is 39.1 Å². The molecular weight excluding hydrogens is 160 g/mol. The highest BCUT2D eigenvalue weighted by Gasteiger charge is 2.19. The average Bonchev–Trinajstić information content (AvgIpc) is 2.00. The fourth-order valence-corrected chi connectivity index (χ4v) is 1.53. The topological polar surface area (TPSA) is 0 Å². The van der Waals surface area contributed by atoms with Crippen molar-refractivity contribution in [1.29, 1.82) is 0 Å². The monoisotopic (exact) mass is 178 g/mol. The van der Waals surface area contributed by atoms with Crippen LogP contribution in [0.25, 0.3) is 0 Å². The standard InChI is InChI=1S/C8H18S2/c1-3-4-5-8(2,6-9)7-10/h9-10H,3-7H2,1-2H3. The van der Waals surface area contributed by atoms with Crippen molar-refractivity contribution in [1.82, 2.24) is 0 Å². The van der Waals surface area contributed by atoms with Gasteiger partial charge in [0.1, 0.15) is 0 Å². The quantitative estimate of drug-likeness (QED) is 0.594. The summed E-state index contributed by atoms with van der Waals surface area (Å²) in [6.45, 7) is 4.47. The molecule has 0 aromatic carbocycles. The number of rotatable bonds is 5. The summed E-state index contributed by atoms with van der Waals surface area (Å²) < 4.78 is 0. The minimum Gasteiger partial charge on any atom is -0.179 e. The summed E-state index contributed by atoms with van der Waals surface area (Å²) in [5, 5.41) is 0. The molecule has 0 fully saturated rings. The van der Waals surface area contributed by atoms with Crippen LogP contribution in [0.3, 0.4) is 0 Å². The predicted molar refractivity (Wildman–Crippen MR) is 55.3 cm³/mol. The minimum atomic E-state index is 0.363. The number of hydrogen-bond donors (Lipinski definition) is 2. The lowest BCUT2D eigenvalue weighted by Crippen LogP contribution is -2.20. The third-order valence-corrected chi connectivity index (χ3v) is 3.42. The Hall–Kier alpha value is 0.700. The smallest absolute Gasteiger partial charge is 0.00360 e. The molecule has 0 nitrogen and oxygen atoms in total. The number of hydrogen-bond acceptors (Lipinski definition) is 2. The third kappa shape index (κ3) is 3.77. The molecule has 0 aliphatic rings. The maximum absolute atomic E-state index is 4.31. The van der Waals surface area contributed by atoms with E-state index in [4.69, 9.17) is 0 Å². The van der Waals surface area contributed by atoms with Gasteiger partial charge in [-0.15, -0.1) is 0 Å². The van der Waals surface area contributed by atoms with E-state index < -0.39 is 0 Å². The van der Waals surface area contributed by atoms with E-state index in [9.17, 15) is 0 Å². The maximum Gasteiger partial charge on any atom is -0.00360 e. The first-order chi connectivity index (χ1) is 4.68. The second kappa shape index (κ2) is 5.36. The molecule has 0 aliphatic heterocycles. The normalized spacial score (nSPS) is 12.0. The predicted octanol–water partition coefficient (Wildman–Crippen LogP) is 3.04. The van der Waals surface area contributed by atoms with Gasteiger partial charge in [0, 0.05) is 0 Å². The Balaban J connectivity index is 3.58. The zero-order chi connectivity index (χ0) is 8.04. The summed E-state index contributed by atoms with van der Waals surface area (Å²) in [4.78, 5) is 0. The van der Waals surface area contributed by atoms with Crippen LogP contribution in [-0.2, 0) is 0 Å². The van der Waals surface area contributed by atoms with Crippen LogP contribution in [0.5, 0.6) is 0 Å². The van der Waals surface area contributed by atoms with Gasteiger partial charge in [-0.25, -0.2) is 0 Å². The first-order valence-corrected chi connectivity index (χ1v) is 5.17. The molecule has 0 aromatic heterocycles. The van der Waals surface area contributed by atoms with Crippen LogP contribution in [-0.4, -0.2) is 11.5 Å². The van der Waals surface area contributed by atoms with Gasteiger partial charge >= 0.3 is 0 Å². The Morgan fingerprint density at radius 1 is 1.20 bits per heavy atom. The molecule has 0 aromatic rings. The van der Waals surface area contributed by atoms with Gasteiger partial charge in [0.2, 0.25) is 0 Å². The fraction of sp³-hybridized carbons (Fsp3) is 1.00. The molecule has 0 bridgehead atoms. The van der Waals surface area contributed by atoms with Crippen molar-refractivity contribution in [3.05, 3.63) is 0 Å². The van der Waals surface area contributed by atoms with Crippen LogP contribution in [0.15, 0.2) is 0 Å². The fourth-order valence-electron chi connectivity index (χ4n) is 0.812. The minimum absolute atomic E-state index is 0.363. The van der Waals surface area contributed by atoms with Crippen molar-refractivity contribution in [2.75, 3.05) is 11.5 Å². The van der Waals surface area contributed by atoms with E-state index in [1.54, 1.807) is 0 Å². The summed E-state index contributed by atoms with van der Waals surface area (Å²) >= 11 is 8.61. The Bertz CT molecular complexity index is 77.3. The summed E-state index contributed by atoms with van der Waals surface area (Å²) in [6, 6.07) is 0. The Morgan fingerprint density at radius 3 is 2.00 bits per heavy atom. The van der Waals surface area contributed by atoms with Crippen molar-refractivity contribution in [2.45, 2.75) is 33.1 Å². The first kappa shape index (κ1) is 10.7. The molecule has 0 spiro atoms. The Morgan fingerprint density at radius 2 is 1.70 bits per heavy atom. The molecule has 10 heavy (non-hydrogen) atoms. The van der Waals surface area contributed by atoms with Gasteiger partial charge in [0.15, 0.2) is 0 Å². The zero-order valence-corrected chi connectivity index (χ0v) is 8.72. The molecule has 0 amide bonds. The lowest BCUT2D eigenvalue weighted by Gasteiger charge is -2.24. The molecule has 0 N–H and O–H groups in total. The van der Waals surface area contributed by atoms with Crippen LogP contribution < -0.4 is 0 Å². The molecule has 0 radical (unpaired) electrons. The molecule has 62 valence electrons. The molecule has 0 saturated heterocycles. The van der Waals surface area contributed by atoms with Gasteiger partial charge in [-0.3, -0.25) is 0 Å². The van der Waals surface area contributed by atoms with Crippen molar-refractivity contribution in [2.24, 2.45) is 5.41 Å². The molecule has 0 aliphatic carbocycles. The van der Waals surface area contributed by atoms with Gasteiger partial charge in [-0.2, -0.15) is 25.3 Å². The van der Waals surface area contributed by atoms with Crippen LogP contribution in [0.1, 0.15) is 33.1 Å². The summed E-state index contributed by atoms with van der Waals surface area (Å²) in [5.41, 5.74) is 0.363. The van der Waals surface area contributed by atoms with Crippen LogP contribution in [0, 0.1) is 5.41 Å². The van der Waals surface area contributed by atoms with Crippen LogP contribution >= 0.6 is 25.3 Å². The van der Waals surface area contributed by atoms with Crippen molar-refractivity contribution >= 4 is 25.3 Å². The molecule has 0 atom stereocenters.